The number of aromatic hydroxyl groups is 1. The second kappa shape index (κ2) is 11.7. The van der Waals surface area contributed by atoms with Crippen molar-refractivity contribution < 1.29 is 29.5 Å². The molecule has 1 aliphatic heterocycles. The Bertz CT molecular complexity index is 519. The van der Waals surface area contributed by atoms with Crippen LogP contribution in [0.15, 0.2) is 30.3 Å². The second-order valence-corrected chi connectivity index (χ2v) is 4.31. The Morgan fingerprint density at radius 3 is 1.87 bits per heavy atom. The molecule has 1 fully saturated rings. The Morgan fingerprint density at radius 1 is 1.09 bits per heavy atom. The summed E-state index contributed by atoms with van der Waals surface area (Å²) >= 11 is 0. The molecule has 0 spiro atoms. The van der Waals surface area contributed by atoms with Crippen LogP contribution in [-0.2, 0) is 19.2 Å². The Balaban J connectivity index is 0.000000318. The minimum atomic E-state index is -0.603. The summed E-state index contributed by atoms with van der Waals surface area (Å²) in [6.07, 6.45) is 0.649. The van der Waals surface area contributed by atoms with Crippen LogP contribution in [-0.4, -0.2) is 33.9 Å². The first kappa shape index (κ1) is 20.1. The number of para-hydroxylation sites is 1. The number of phenolic OH excluding ortho intramolecular Hbond substituents is 1. The van der Waals surface area contributed by atoms with Gasteiger partial charge in [-0.1, -0.05) is 18.2 Å². The molecule has 126 valence electrons. The molecule has 0 aliphatic carbocycles. The number of rotatable bonds is 3. The average molecular weight is 325 g/mol. The van der Waals surface area contributed by atoms with Crippen molar-refractivity contribution in [3.05, 3.63) is 30.3 Å². The van der Waals surface area contributed by atoms with Gasteiger partial charge in [-0.05, 0) is 12.1 Å². The van der Waals surface area contributed by atoms with Crippen molar-refractivity contribution in [2.75, 3.05) is 0 Å². The van der Waals surface area contributed by atoms with Crippen molar-refractivity contribution >= 4 is 23.6 Å². The number of hydrogen-bond acceptors (Lipinski definition) is 6. The van der Waals surface area contributed by atoms with Gasteiger partial charge in [0.15, 0.2) is 0 Å². The van der Waals surface area contributed by atoms with E-state index >= 15 is 0 Å². The second-order valence-electron chi connectivity index (χ2n) is 4.31. The summed E-state index contributed by atoms with van der Waals surface area (Å²) in [6, 6.07) is 8.71. The highest BCUT2D eigenvalue weighted by Gasteiger charge is 2.15. The van der Waals surface area contributed by atoms with E-state index in [2.05, 4.69) is 5.32 Å². The first-order valence-corrected chi connectivity index (χ1v) is 6.63. The van der Waals surface area contributed by atoms with E-state index < -0.39 is 11.8 Å². The highest BCUT2D eigenvalue weighted by molar-refractivity contribution is 6.01. The van der Waals surface area contributed by atoms with Crippen LogP contribution in [0, 0.1) is 0 Å². The van der Waals surface area contributed by atoms with Gasteiger partial charge in [0.1, 0.15) is 5.75 Å². The molecule has 4 amide bonds. The Kier molecular flexibility index (Phi) is 10.2. The fraction of sp³-hybridized carbons (Fsp3) is 0.286. The molecule has 0 bridgehead atoms. The van der Waals surface area contributed by atoms with Crippen molar-refractivity contribution in [3.63, 3.8) is 0 Å². The quantitative estimate of drug-likeness (QED) is 0.288. The SMILES string of the molecule is NC(=O)CCC(=O)NO.O=C1CCC(=O)N1.Oc1ccccc1. The van der Waals surface area contributed by atoms with Crippen molar-refractivity contribution in [1.82, 2.24) is 10.8 Å². The number of nitrogens with one attached hydrogen (secondary N) is 2. The smallest absolute Gasteiger partial charge is 0.243 e. The van der Waals surface area contributed by atoms with Gasteiger partial charge in [0.2, 0.25) is 23.6 Å². The molecule has 6 N–H and O–H groups in total. The average Bonchev–Trinajstić information content (AvgIpc) is 2.90. The van der Waals surface area contributed by atoms with Crippen molar-refractivity contribution in [3.8, 4) is 5.75 Å². The molecule has 9 heteroatoms. The minimum Gasteiger partial charge on any atom is -0.508 e. The summed E-state index contributed by atoms with van der Waals surface area (Å²) in [5, 5.41) is 18.7. The van der Waals surface area contributed by atoms with Crippen LogP contribution in [0.5, 0.6) is 5.75 Å². The third-order valence-corrected chi connectivity index (χ3v) is 2.34. The summed E-state index contributed by atoms with van der Waals surface area (Å²) < 4.78 is 0. The third-order valence-electron chi connectivity index (χ3n) is 2.34. The third kappa shape index (κ3) is 12.5. The largest absolute Gasteiger partial charge is 0.508 e. The zero-order valence-corrected chi connectivity index (χ0v) is 12.3. The van der Waals surface area contributed by atoms with E-state index in [1.807, 2.05) is 6.07 Å². The zero-order valence-electron chi connectivity index (χ0n) is 12.3. The van der Waals surface area contributed by atoms with Crippen LogP contribution < -0.4 is 16.5 Å². The molecule has 2 rings (SSSR count). The highest BCUT2D eigenvalue weighted by Crippen LogP contribution is 2.02. The van der Waals surface area contributed by atoms with Gasteiger partial charge in [0, 0.05) is 25.7 Å². The fourth-order valence-corrected chi connectivity index (χ4v) is 1.23. The van der Waals surface area contributed by atoms with Crippen LogP contribution in [0.2, 0.25) is 0 Å². The molecule has 0 atom stereocenters. The van der Waals surface area contributed by atoms with Crippen LogP contribution in [0.4, 0.5) is 0 Å². The number of carbonyl (C=O) groups is 4. The first-order chi connectivity index (χ1) is 10.8. The summed E-state index contributed by atoms with van der Waals surface area (Å²) in [5.41, 5.74) is 6.07. The molecule has 0 saturated carbocycles. The van der Waals surface area contributed by atoms with E-state index in [0.717, 1.165) is 0 Å². The van der Waals surface area contributed by atoms with Crippen molar-refractivity contribution in [2.45, 2.75) is 25.7 Å². The van der Waals surface area contributed by atoms with E-state index in [0.29, 0.717) is 18.6 Å². The Hall–Kier alpha value is -2.94. The molecule has 1 saturated heterocycles. The Labute approximate surface area is 132 Å². The number of primary amides is 1. The van der Waals surface area contributed by atoms with Gasteiger partial charge in [0.25, 0.3) is 0 Å². The lowest BCUT2D eigenvalue weighted by Crippen LogP contribution is -2.21. The Morgan fingerprint density at radius 2 is 1.61 bits per heavy atom. The maximum Gasteiger partial charge on any atom is 0.243 e. The van der Waals surface area contributed by atoms with E-state index in [-0.39, 0.29) is 24.7 Å². The molecule has 1 aliphatic rings. The van der Waals surface area contributed by atoms with Gasteiger partial charge in [0.05, 0.1) is 0 Å². The van der Waals surface area contributed by atoms with E-state index in [9.17, 15) is 19.2 Å². The molecule has 1 aromatic rings. The normalized spacial score (nSPS) is 12.0. The van der Waals surface area contributed by atoms with Crippen LogP contribution >= 0.6 is 0 Å². The number of nitrogens with two attached hydrogens (primary N) is 1. The van der Waals surface area contributed by atoms with Crippen LogP contribution in [0.1, 0.15) is 25.7 Å². The summed E-state index contributed by atoms with van der Waals surface area (Å²) in [5.74, 6) is -1.13. The van der Waals surface area contributed by atoms with Gasteiger partial charge < -0.3 is 10.8 Å². The predicted octanol–water partition coefficient (Wildman–Crippen LogP) is -0.428. The monoisotopic (exact) mass is 325 g/mol. The number of hydroxylamine groups is 1. The minimum absolute atomic E-state index is 0.0353. The summed E-state index contributed by atoms with van der Waals surface area (Å²) in [4.78, 5) is 40.4. The number of hydrogen-bond donors (Lipinski definition) is 5. The molecular weight excluding hydrogens is 306 g/mol. The molecule has 23 heavy (non-hydrogen) atoms. The van der Waals surface area contributed by atoms with Gasteiger partial charge >= 0.3 is 0 Å². The van der Waals surface area contributed by atoms with Gasteiger partial charge in [-0.2, -0.15) is 0 Å². The molecule has 1 heterocycles. The lowest BCUT2D eigenvalue weighted by Gasteiger charge is -1.92. The van der Waals surface area contributed by atoms with Crippen LogP contribution in [0.25, 0.3) is 0 Å². The van der Waals surface area contributed by atoms with Crippen LogP contribution in [0.3, 0.4) is 0 Å². The first-order valence-electron chi connectivity index (χ1n) is 6.63. The van der Waals surface area contributed by atoms with Gasteiger partial charge in [-0.3, -0.25) is 29.7 Å². The van der Waals surface area contributed by atoms with E-state index in [4.69, 9.17) is 16.0 Å². The van der Waals surface area contributed by atoms with E-state index in [1.165, 1.54) is 5.48 Å². The summed E-state index contributed by atoms with van der Waals surface area (Å²) in [7, 11) is 0. The molecular formula is C14H19N3O6. The zero-order chi connectivity index (χ0) is 17.7. The maximum atomic E-state index is 10.1. The lowest BCUT2D eigenvalue weighted by atomic mass is 10.3. The number of carbonyl (C=O) groups excluding carboxylic acids is 4. The maximum absolute atomic E-state index is 10.1. The fourth-order valence-electron chi connectivity index (χ4n) is 1.23. The number of imide groups is 1. The van der Waals surface area contributed by atoms with Crippen molar-refractivity contribution in [1.29, 1.82) is 0 Å². The summed E-state index contributed by atoms with van der Waals surface area (Å²) in [6.45, 7) is 0. The molecule has 0 aromatic heterocycles. The van der Waals surface area contributed by atoms with Gasteiger partial charge in [-0.25, -0.2) is 5.48 Å². The van der Waals surface area contributed by atoms with Crippen molar-refractivity contribution in [2.24, 2.45) is 5.73 Å². The standard InChI is InChI=1S/C6H6O.C4H8N2O3.C4H5NO2/c7-6-4-2-1-3-5-6;5-3(7)1-2-4(8)6-9;6-3-1-2-4(7)5-3/h1-5,7H;9H,1-2H2,(H2,5,7)(H,6,8);1-2H2,(H,5,6,7). The predicted molar refractivity (Wildman–Crippen MR) is 78.8 cm³/mol. The molecule has 0 radical (unpaired) electrons. The topological polar surface area (TPSA) is 159 Å². The number of amides is 4. The van der Waals surface area contributed by atoms with E-state index in [1.54, 1.807) is 24.3 Å². The van der Waals surface area contributed by atoms with Gasteiger partial charge in [-0.15, -0.1) is 0 Å². The highest BCUT2D eigenvalue weighted by atomic mass is 16.5. The number of phenols is 1. The molecule has 9 nitrogen and oxygen atoms in total. The molecule has 0 unspecified atom stereocenters. The molecule has 1 aromatic carbocycles. The number of benzene rings is 1. The lowest BCUT2D eigenvalue weighted by molar-refractivity contribution is -0.131.